The number of hydrogen-bond acceptors (Lipinski definition) is 4. The van der Waals surface area contributed by atoms with Crippen molar-refractivity contribution in [3.8, 4) is 0 Å². The van der Waals surface area contributed by atoms with Crippen molar-refractivity contribution >= 4 is 35.8 Å². The molecule has 1 unspecified atom stereocenters. The summed E-state index contributed by atoms with van der Waals surface area (Å²) in [5.41, 5.74) is -3.99. The Hall–Kier alpha value is -1.61. The van der Waals surface area contributed by atoms with Crippen LogP contribution in [0.2, 0.25) is 5.02 Å². The Labute approximate surface area is 183 Å². The number of rotatable bonds is 6. The summed E-state index contributed by atoms with van der Waals surface area (Å²) < 4.78 is 43.1. The highest BCUT2D eigenvalue weighted by Crippen LogP contribution is 2.48. The Balaban J connectivity index is 2.25. The van der Waals surface area contributed by atoms with E-state index in [-0.39, 0.29) is 27.7 Å². The van der Waals surface area contributed by atoms with Crippen LogP contribution in [0.5, 0.6) is 0 Å². The number of amides is 1. The third kappa shape index (κ3) is 3.86. The van der Waals surface area contributed by atoms with Gasteiger partial charge in [-0.2, -0.15) is 17.7 Å². The van der Waals surface area contributed by atoms with E-state index in [1.165, 1.54) is 28.9 Å². The Morgan fingerprint density at radius 3 is 2.47 bits per heavy atom. The van der Waals surface area contributed by atoms with Crippen LogP contribution in [0.3, 0.4) is 0 Å². The number of halogens is 4. The molecule has 162 valence electrons. The van der Waals surface area contributed by atoms with Gasteiger partial charge in [-0.1, -0.05) is 43.6 Å². The lowest BCUT2D eigenvalue weighted by molar-refractivity contribution is -0.450. The van der Waals surface area contributed by atoms with Crippen molar-refractivity contribution in [2.45, 2.75) is 32.0 Å². The van der Waals surface area contributed by atoms with Crippen LogP contribution in [0, 0.1) is 0 Å². The van der Waals surface area contributed by atoms with Crippen molar-refractivity contribution in [1.82, 2.24) is 4.90 Å². The van der Waals surface area contributed by atoms with Crippen molar-refractivity contribution in [3.05, 3.63) is 57.0 Å². The van der Waals surface area contributed by atoms with Gasteiger partial charge in [0.15, 0.2) is 6.54 Å². The molecule has 0 saturated heterocycles. The van der Waals surface area contributed by atoms with E-state index in [2.05, 4.69) is 12.6 Å². The number of aliphatic hydroxyl groups is 1. The van der Waals surface area contributed by atoms with Crippen LogP contribution in [0.15, 0.2) is 46.4 Å². The predicted octanol–water partition coefficient (Wildman–Crippen LogP) is 3.94. The molecule has 1 aliphatic carbocycles. The minimum Gasteiger partial charge on any atom is -0.368 e. The fourth-order valence-electron chi connectivity index (χ4n) is 3.98. The number of carbonyl (C=O) groups is 1. The molecule has 0 radical (unpaired) electrons. The fraction of sp³-hybridized carbons (Fsp3) is 0.429. The van der Waals surface area contributed by atoms with Gasteiger partial charge < -0.3 is 5.11 Å². The minimum atomic E-state index is -4.74. The third-order valence-corrected chi connectivity index (χ3v) is 6.18. The molecule has 0 bridgehead atoms. The van der Waals surface area contributed by atoms with Crippen molar-refractivity contribution in [2.75, 3.05) is 26.2 Å². The number of nitrogens with zero attached hydrogens (tertiary/aromatic N) is 2. The van der Waals surface area contributed by atoms with E-state index >= 15 is 0 Å². The monoisotopic (exact) mass is 459 g/mol. The van der Waals surface area contributed by atoms with Crippen LogP contribution >= 0.6 is 24.2 Å². The van der Waals surface area contributed by atoms with Gasteiger partial charge in [0, 0.05) is 23.1 Å². The topological polar surface area (TPSA) is 43.5 Å². The number of likely N-dealkylation sites (N-methyl/N-ethyl adjacent to an activating group) is 1. The van der Waals surface area contributed by atoms with E-state index in [0.29, 0.717) is 6.54 Å². The van der Waals surface area contributed by atoms with Gasteiger partial charge in [0.1, 0.15) is 0 Å². The molecule has 1 N–H and O–H groups in total. The van der Waals surface area contributed by atoms with Crippen molar-refractivity contribution in [1.29, 1.82) is 0 Å². The first-order valence-corrected chi connectivity index (χ1v) is 10.5. The molecule has 0 spiro atoms. The fourth-order valence-corrected chi connectivity index (χ4v) is 4.54. The Morgan fingerprint density at radius 1 is 1.27 bits per heavy atom. The van der Waals surface area contributed by atoms with Crippen molar-refractivity contribution < 1.29 is 27.6 Å². The first-order chi connectivity index (χ1) is 14.1. The minimum absolute atomic E-state index is 0.0213. The molecule has 3 rings (SSSR count). The molecule has 0 fully saturated rings. The highest BCUT2D eigenvalue weighted by molar-refractivity contribution is 7.84. The molecule has 1 aromatic carbocycles. The molecule has 1 aliphatic heterocycles. The number of alkyl halides is 3. The van der Waals surface area contributed by atoms with Gasteiger partial charge in [-0.3, -0.25) is 4.90 Å². The number of thiol groups is 1. The summed E-state index contributed by atoms with van der Waals surface area (Å²) in [5.74, 6) is -0.839. The Morgan fingerprint density at radius 2 is 1.90 bits per heavy atom. The summed E-state index contributed by atoms with van der Waals surface area (Å²) in [6.07, 6.45) is -3.83. The zero-order valence-electron chi connectivity index (χ0n) is 16.6. The Bertz CT molecular complexity index is 967. The molecule has 0 aromatic heterocycles. The summed E-state index contributed by atoms with van der Waals surface area (Å²) in [5, 5.41) is 11.6. The van der Waals surface area contributed by atoms with Crippen LogP contribution in [0.1, 0.15) is 25.8 Å². The molecule has 30 heavy (non-hydrogen) atoms. The second-order valence-electron chi connectivity index (χ2n) is 7.22. The van der Waals surface area contributed by atoms with Gasteiger partial charge in [-0.25, -0.2) is 4.79 Å². The molecular weight excluding hydrogens is 437 g/mol. The smallest absolute Gasteiger partial charge is 0.368 e. The lowest BCUT2D eigenvalue weighted by Crippen LogP contribution is -2.41. The van der Waals surface area contributed by atoms with E-state index < -0.39 is 35.3 Å². The van der Waals surface area contributed by atoms with Gasteiger partial charge in [0.2, 0.25) is 11.3 Å². The summed E-state index contributed by atoms with van der Waals surface area (Å²) in [4.78, 5) is 15.7. The maximum absolute atomic E-state index is 14.0. The molecule has 2 aliphatic rings. The molecule has 9 heteroatoms. The molecule has 1 aromatic rings. The van der Waals surface area contributed by atoms with Crippen LogP contribution in [0.4, 0.5) is 13.2 Å². The third-order valence-electron chi connectivity index (χ3n) is 5.57. The summed E-state index contributed by atoms with van der Waals surface area (Å²) in [6, 6.07) is 5.94. The maximum atomic E-state index is 14.0. The second-order valence-corrected chi connectivity index (χ2v) is 8.20. The maximum Gasteiger partial charge on any atom is 0.428 e. The first-order valence-electron chi connectivity index (χ1n) is 9.65. The average Bonchev–Trinajstić information content (AvgIpc) is 2.89. The zero-order valence-corrected chi connectivity index (χ0v) is 18.3. The Kier molecular flexibility index (Phi) is 6.53. The largest absolute Gasteiger partial charge is 0.428 e. The van der Waals surface area contributed by atoms with Gasteiger partial charge >= 0.3 is 12.1 Å². The highest BCUT2D eigenvalue weighted by atomic mass is 35.5. The van der Waals surface area contributed by atoms with Gasteiger partial charge in [0.05, 0.1) is 17.7 Å². The lowest BCUT2D eigenvalue weighted by Gasteiger charge is -2.26. The predicted molar refractivity (Wildman–Crippen MR) is 113 cm³/mol. The van der Waals surface area contributed by atoms with Crippen molar-refractivity contribution in [2.24, 2.45) is 0 Å². The second kappa shape index (κ2) is 8.49. The molecule has 1 amide bonds. The summed E-state index contributed by atoms with van der Waals surface area (Å²) >= 11 is 10.4. The quantitative estimate of drug-likeness (QED) is 0.500. The molecular formula is C21H23ClF3N2O2S+. The summed E-state index contributed by atoms with van der Waals surface area (Å²) in [6.45, 7) is 5.96. The van der Waals surface area contributed by atoms with E-state index in [0.717, 1.165) is 13.1 Å². The van der Waals surface area contributed by atoms with E-state index in [1.807, 2.05) is 18.7 Å². The first kappa shape index (κ1) is 23.1. The lowest BCUT2D eigenvalue weighted by atomic mass is 9.79. The number of carbonyl (C=O) groups excluding carboxylic acids is 1. The van der Waals surface area contributed by atoms with Crippen LogP contribution in [-0.2, 0) is 10.4 Å². The van der Waals surface area contributed by atoms with Crippen LogP contribution in [0.25, 0.3) is 0 Å². The number of hydrogen-bond donors (Lipinski definition) is 2. The van der Waals surface area contributed by atoms with E-state index in [4.69, 9.17) is 11.6 Å². The van der Waals surface area contributed by atoms with Gasteiger partial charge in [0.25, 0.3) is 0 Å². The van der Waals surface area contributed by atoms with Crippen LogP contribution in [-0.4, -0.2) is 58.6 Å². The normalized spacial score (nSPS) is 22.2. The van der Waals surface area contributed by atoms with E-state index in [9.17, 15) is 23.1 Å². The molecule has 1 atom stereocenters. The van der Waals surface area contributed by atoms with Gasteiger partial charge in [-0.05, 0) is 24.1 Å². The van der Waals surface area contributed by atoms with Crippen LogP contribution < -0.4 is 0 Å². The van der Waals surface area contributed by atoms with E-state index in [1.54, 1.807) is 6.07 Å². The standard InChI is InChI=1S/C21H22ClF3N2O2S/c1-3-26(4-2)9-10-27-17-12-13(30)11-15(21(23,24)25)18(17)20(29,19(27)28)14-7-5-6-8-16(14)22/h5-8,12,29H,3-4,9-11H2,1-2H3/p+1. The van der Waals surface area contributed by atoms with Crippen molar-refractivity contribution in [3.63, 3.8) is 0 Å². The number of allylic oxidation sites excluding steroid dienone is 3. The highest BCUT2D eigenvalue weighted by Gasteiger charge is 2.63. The SMILES string of the molecule is CCN(CC)CC[N+]1=C2C=C(S)CC(C(F)(F)F)=C2C(O)(c2ccccc2Cl)C1=O. The molecule has 4 nitrogen and oxygen atoms in total. The zero-order chi connectivity index (χ0) is 22.3. The number of benzene rings is 1. The number of fused-ring (bicyclic) bond motifs is 1. The molecule has 1 heterocycles. The molecule has 0 saturated carbocycles. The summed E-state index contributed by atoms with van der Waals surface area (Å²) in [7, 11) is 0. The van der Waals surface area contributed by atoms with Gasteiger partial charge in [-0.15, -0.1) is 12.6 Å². The average molecular weight is 460 g/mol.